The molecule has 0 bridgehead atoms. The normalized spacial score (nSPS) is 16.5. The van der Waals surface area contributed by atoms with Gasteiger partial charge < -0.3 is 14.9 Å². The van der Waals surface area contributed by atoms with Crippen LogP contribution in [0.25, 0.3) is 0 Å². The number of ether oxygens (including phenoxy) is 1. The second-order valence-electron chi connectivity index (χ2n) is 5.66. The number of carbonyl (C=O) groups excluding carboxylic acids is 1. The molecule has 0 heterocycles. The van der Waals surface area contributed by atoms with Crippen LogP contribution in [0.2, 0.25) is 0 Å². The number of rotatable bonds is 4. The highest BCUT2D eigenvalue weighted by Crippen LogP contribution is 2.27. The van der Waals surface area contributed by atoms with Gasteiger partial charge >= 0.3 is 5.97 Å². The average Bonchev–Trinajstić information content (AvgIpc) is 2.27. The second kappa shape index (κ2) is 6.17. The fourth-order valence-electron chi connectivity index (χ4n) is 1.82. The zero-order chi connectivity index (χ0) is 14.6. The molecule has 0 radical (unpaired) electrons. The van der Waals surface area contributed by atoms with Gasteiger partial charge in [0.15, 0.2) is 0 Å². The maximum atomic E-state index is 12.1. The van der Waals surface area contributed by atoms with Crippen molar-refractivity contribution in [2.75, 3.05) is 0 Å². The summed E-state index contributed by atoms with van der Waals surface area (Å²) < 4.78 is 5.24. The second-order valence-corrected chi connectivity index (χ2v) is 5.66. The molecule has 4 nitrogen and oxygen atoms in total. The molecule has 0 saturated heterocycles. The zero-order valence-corrected chi connectivity index (χ0v) is 11.8. The largest absolute Gasteiger partial charge is 0.460 e. The molecule has 0 aliphatic carbocycles. The van der Waals surface area contributed by atoms with E-state index in [1.165, 1.54) is 6.92 Å². The van der Waals surface area contributed by atoms with Crippen LogP contribution in [-0.4, -0.2) is 27.9 Å². The molecule has 2 N–H and O–H groups in total. The van der Waals surface area contributed by atoms with E-state index >= 15 is 0 Å². The van der Waals surface area contributed by atoms with Crippen LogP contribution in [0.5, 0.6) is 0 Å². The predicted octanol–water partition coefficient (Wildman–Crippen LogP) is 2.06. The third kappa shape index (κ3) is 4.65. The van der Waals surface area contributed by atoms with Crippen LogP contribution in [0.15, 0.2) is 30.3 Å². The zero-order valence-electron chi connectivity index (χ0n) is 11.8. The lowest BCUT2D eigenvalue weighted by atomic mass is 9.91. The van der Waals surface area contributed by atoms with Gasteiger partial charge in [0.2, 0.25) is 0 Å². The molecular weight excluding hydrogens is 244 g/mol. The van der Waals surface area contributed by atoms with Crippen LogP contribution in [-0.2, 0) is 9.53 Å². The minimum Gasteiger partial charge on any atom is -0.460 e. The summed E-state index contributed by atoms with van der Waals surface area (Å²) in [5.74, 6) is -1.60. The van der Waals surface area contributed by atoms with E-state index in [0.717, 1.165) is 0 Å². The average molecular weight is 266 g/mol. The molecule has 0 spiro atoms. The van der Waals surface area contributed by atoms with Gasteiger partial charge in [-0.15, -0.1) is 0 Å². The van der Waals surface area contributed by atoms with E-state index in [-0.39, 0.29) is 0 Å². The summed E-state index contributed by atoms with van der Waals surface area (Å²) in [5, 5.41) is 20.0. The predicted molar refractivity (Wildman–Crippen MR) is 72.4 cm³/mol. The van der Waals surface area contributed by atoms with Gasteiger partial charge in [0, 0.05) is 0 Å². The Morgan fingerprint density at radius 2 is 1.68 bits per heavy atom. The number of carbonyl (C=O) groups is 1. The molecule has 19 heavy (non-hydrogen) atoms. The topological polar surface area (TPSA) is 66.8 Å². The number of hydrogen-bond donors (Lipinski definition) is 2. The Labute approximate surface area is 114 Å². The standard InChI is InChI=1S/C15H22O4/c1-10(16)12(14(18)19-15(2,3)4)13(17)11-8-6-5-7-9-11/h5-10,12-13,16-17H,1-4H3/t10-,12-,13-/m0/s1. The van der Waals surface area contributed by atoms with Gasteiger partial charge in [-0.3, -0.25) is 4.79 Å². The summed E-state index contributed by atoms with van der Waals surface area (Å²) in [6.45, 7) is 6.72. The van der Waals surface area contributed by atoms with E-state index < -0.39 is 29.7 Å². The van der Waals surface area contributed by atoms with Crippen LogP contribution in [0.3, 0.4) is 0 Å². The van der Waals surface area contributed by atoms with Crippen molar-refractivity contribution in [2.45, 2.75) is 45.5 Å². The first kappa shape index (κ1) is 15.7. The van der Waals surface area contributed by atoms with Gasteiger partial charge in [-0.2, -0.15) is 0 Å². The molecule has 0 aliphatic rings. The third-order valence-corrected chi connectivity index (χ3v) is 2.68. The van der Waals surface area contributed by atoms with Crippen LogP contribution in [0.4, 0.5) is 0 Å². The molecule has 0 unspecified atom stereocenters. The smallest absolute Gasteiger partial charge is 0.315 e. The minimum atomic E-state index is -1.09. The van der Waals surface area contributed by atoms with E-state index in [4.69, 9.17) is 4.74 Å². The first-order chi connectivity index (χ1) is 8.72. The van der Waals surface area contributed by atoms with E-state index in [1.807, 2.05) is 6.07 Å². The van der Waals surface area contributed by atoms with Crippen molar-refractivity contribution in [1.29, 1.82) is 0 Å². The maximum absolute atomic E-state index is 12.1. The molecule has 1 aromatic rings. The molecule has 0 saturated carbocycles. The van der Waals surface area contributed by atoms with Gasteiger partial charge in [0.25, 0.3) is 0 Å². The van der Waals surface area contributed by atoms with Crippen LogP contribution < -0.4 is 0 Å². The molecule has 0 aromatic heterocycles. The number of aliphatic hydroxyl groups excluding tert-OH is 2. The van der Waals surface area contributed by atoms with Crippen LogP contribution >= 0.6 is 0 Å². The van der Waals surface area contributed by atoms with E-state index in [0.29, 0.717) is 5.56 Å². The highest BCUT2D eigenvalue weighted by Gasteiger charge is 2.35. The monoisotopic (exact) mass is 266 g/mol. The Balaban J connectivity index is 2.92. The maximum Gasteiger partial charge on any atom is 0.315 e. The SMILES string of the molecule is C[C@H](O)[C@H](C(=O)OC(C)(C)C)[C@@H](O)c1ccccc1. The van der Waals surface area contributed by atoms with Gasteiger partial charge in [0.1, 0.15) is 11.5 Å². The summed E-state index contributed by atoms with van der Waals surface area (Å²) in [6, 6.07) is 8.79. The molecule has 0 fully saturated rings. The Morgan fingerprint density at radius 1 is 1.16 bits per heavy atom. The summed E-state index contributed by atoms with van der Waals surface area (Å²) in [6.07, 6.45) is -2.08. The Bertz CT molecular complexity index is 406. The molecule has 0 amide bonds. The summed E-state index contributed by atoms with van der Waals surface area (Å²) in [5.41, 5.74) is -0.0695. The number of benzene rings is 1. The lowest BCUT2D eigenvalue weighted by Crippen LogP contribution is -2.37. The fourth-order valence-corrected chi connectivity index (χ4v) is 1.82. The van der Waals surface area contributed by atoms with Crippen molar-refractivity contribution in [3.8, 4) is 0 Å². The first-order valence-corrected chi connectivity index (χ1v) is 6.36. The molecule has 0 aliphatic heterocycles. The van der Waals surface area contributed by atoms with Crippen LogP contribution in [0, 0.1) is 5.92 Å². The fraction of sp³-hybridized carbons (Fsp3) is 0.533. The lowest BCUT2D eigenvalue weighted by molar-refractivity contribution is -0.169. The van der Waals surface area contributed by atoms with Crippen molar-refractivity contribution in [3.63, 3.8) is 0 Å². The quantitative estimate of drug-likeness (QED) is 0.819. The number of esters is 1. The van der Waals surface area contributed by atoms with Crippen molar-refractivity contribution >= 4 is 5.97 Å². The Kier molecular flexibility index (Phi) is 5.09. The van der Waals surface area contributed by atoms with Crippen LogP contribution in [0.1, 0.15) is 39.4 Å². The Hall–Kier alpha value is -1.39. The molecule has 4 heteroatoms. The number of hydrogen-bond acceptors (Lipinski definition) is 4. The third-order valence-electron chi connectivity index (χ3n) is 2.68. The van der Waals surface area contributed by atoms with Crippen molar-refractivity contribution < 1.29 is 19.7 Å². The minimum absolute atomic E-state index is 0.583. The summed E-state index contributed by atoms with van der Waals surface area (Å²) in [4.78, 5) is 12.1. The van der Waals surface area contributed by atoms with Gasteiger partial charge in [0.05, 0.1) is 12.2 Å². The van der Waals surface area contributed by atoms with Crippen molar-refractivity contribution in [2.24, 2.45) is 5.92 Å². The molecule has 1 rings (SSSR count). The van der Waals surface area contributed by atoms with E-state index in [1.54, 1.807) is 45.0 Å². The van der Waals surface area contributed by atoms with E-state index in [2.05, 4.69) is 0 Å². The molecule has 3 atom stereocenters. The summed E-state index contributed by atoms with van der Waals surface area (Å²) in [7, 11) is 0. The van der Waals surface area contributed by atoms with Crippen molar-refractivity contribution in [3.05, 3.63) is 35.9 Å². The van der Waals surface area contributed by atoms with E-state index in [9.17, 15) is 15.0 Å². The molecule has 106 valence electrons. The first-order valence-electron chi connectivity index (χ1n) is 6.36. The summed E-state index contributed by atoms with van der Waals surface area (Å²) >= 11 is 0. The number of aliphatic hydroxyl groups is 2. The van der Waals surface area contributed by atoms with Gasteiger partial charge in [-0.25, -0.2) is 0 Å². The van der Waals surface area contributed by atoms with Gasteiger partial charge in [-0.1, -0.05) is 30.3 Å². The lowest BCUT2D eigenvalue weighted by Gasteiger charge is -2.28. The molecule has 1 aromatic carbocycles. The molecular formula is C15H22O4. The highest BCUT2D eigenvalue weighted by atomic mass is 16.6. The van der Waals surface area contributed by atoms with Crippen molar-refractivity contribution in [1.82, 2.24) is 0 Å². The van der Waals surface area contributed by atoms with Gasteiger partial charge in [-0.05, 0) is 33.3 Å². The Morgan fingerprint density at radius 3 is 2.11 bits per heavy atom. The highest BCUT2D eigenvalue weighted by molar-refractivity contribution is 5.74.